The van der Waals surface area contributed by atoms with E-state index in [1.165, 1.54) is 5.56 Å². The number of hydrogen-bond donors (Lipinski definition) is 2. The van der Waals surface area contributed by atoms with Gasteiger partial charge in [-0.25, -0.2) is 9.97 Å². The third kappa shape index (κ3) is 3.67. The molecule has 7 heteroatoms. The first kappa shape index (κ1) is 16.9. The fourth-order valence-corrected chi connectivity index (χ4v) is 3.55. The van der Waals surface area contributed by atoms with Crippen molar-refractivity contribution in [3.63, 3.8) is 0 Å². The highest BCUT2D eigenvalue weighted by molar-refractivity contribution is 5.78. The summed E-state index contributed by atoms with van der Waals surface area (Å²) in [6.45, 7) is 4.14. The van der Waals surface area contributed by atoms with Crippen LogP contribution in [-0.2, 0) is 17.6 Å². The van der Waals surface area contributed by atoms with Crippen LogP contribution in [0, 0.1) is 0 Å². The maximum Gasteiger partial charge on any atom is 0.222 e. The molecular formula is C19H24N6O. The quantitative estimate of drug-likeness (QED) is 0.843. The van der Waals surface area contributed by atoms with Crippen molar-refractivity contribution in [1.29, 1.82) is 0 Å². The van der Waals surface area contributed by atoms with Crippen LogP contribution in [0.4, 0.5) is 5.82 Å². The Labute approximate surface area is 153 Å². The number of likely N-dealkylation sites (tertiary alicyclic amines) is 1. The van der Waals surface area contributed by atoms with E-state index in [1.807, 2.05) is 23.1 Å². The highest BCUT2D eigenvalue weighted by Gasteiger charge is 2.21. The highest BCUT2D eigenvalue weighted by Crippen LogP contribution is 2.23. The molecule has 4 heterocycles. The minimum Gasteiger partial charge on any atom is -0.368 e. The lowest BCUT2D eigenvalue weighted by atomic mass is 10.1. The number of carbonyl (C=O) groups excluding carboxylic acids is 1. The molecule has 0 saturated carbocycles. The summed E-state index contributed by atoms with van der Waals surface area (Å²) in [5.41, 5.74) is 3.05. The molecule has 0 bridgehead atoms. The van der Waals surface area contributed by atoms with E-state index in [0.29, 0.717) is 18.8 Å². The largest absolute Gasteiger partial charge is 0.368 e. The molecule has 0 aromatic carbocycles. The highest BCUT2D eigenvalue weighted by atomic mass is 16.2. The van der Waals surface area contributed by atoms with Gasteiger partial charge in [-0.15, -0.1) is 0 Å². The van der Waals surface area contributed by atoms with Gasteiger partial charge in [0, 0.05) is 50.8 Å². The normalized spacial score (nSPS) is 17.1. The zero-order valence-electron chi connectivity index (χ0n) is 14.9. The molecule has 1 amide bonds. The maximum atomic E-state index is 11.8. The molecule has 0 atom stereocenters. The van der Waals surface area contributed by atoms with E-state index >= 15 is 0 Å². The van der Waals surface area contributed by atoms with Gasteiger partial charge in [-0.05, 0) is 31.5 Å². The van der Waals surface area contributed by atoms with Crippen molar-refractivity contribution in [3.05, 3.63) is 35.7 Å². The molecule has 2 aromatic rings. The molecule has 0 unspecified atom stereocenters. The molecule has 26 heavy (non-hydrogen) atoms. The van der Waals surface area contributed by atoms with E-state index in [-0.39, 0.29) is 5.91 Å². The Morgan fingerprint density at radius 2 is 2.08 bits per heavy atom. The fourth-order valence-electron chi connectivity index (χ4n) is 3.55. The van der Waals surface area contributed by atoms with E-state index in [4.69, 9.17) is 9.97 Å². The van der Waals surface area contributed by atoms with Crippen molar-refractivity contribution in [2.24, 2.45) is 0 Å². The van der Waals surface area contributed by atoms with Gasteiger partial charge < -0.3 is 15.5 Å². The lowest BCUT2D eigenvalue weighted by molar-refractivity contribution is -0.127. The third-order valence-electron chi connectivity index (χ3n) is 4.92. The van der Waals surface area contributed by atoms with Crippen LogP contribution in [0.15, 0.2) is 24.4 Å². The van der Waals surface area contributed by atoms with Crippen molar-refractivity contribution in [2.75, 3.05) is 38.0 Å². The topological polar surface area (TPSA) is 83.0 Å². The van der Waals surface area contributed by atoms with Crippen LogP contribution in [0.5, 0.6) is 0 Å². The van der Waals surface area contributed by atoms with Crippen LogP contribution >= 0.6 is 0 Å². The van der Waals surface area contributed by atoms with Crippen LogP contribution in [0.2, 0.25) is 0 Å². The predicted octanol–water partition coefficient (Wildman–Crippen LogP) is 1.26. The molecule has 2 aliphatic heterocycles. The first-order valence-corrected chi connectivity index (χ1v) is 9.35. The number of nitrogens with zero attached hydrogens (tertiary/aromatic N) is 4. The molecule has 7 nitrogen and oxygen atoms in total. The second-order valence-electron chi connectivity index (χ2n) is 6.70. The lowest BCUT2D eigenvalue weighted by Gasteiger charge is -2.18. The van der Waals surface area contributed by atoms with Crippen LogP contribution in [0.3, 0.4) is 0 Å². The van der Waals surface area contributed by atoms with Gasteiger partial charge in [0.05, 0.1) is 5.69 Å². The zero-order valence-corrected chi connectivity index (χ0v) is 14.9. The van der Waals surface area contributed by atoms with Crippen LogP contribution in [-0.4, -0.2) is 58.5 Å². The van der Waals surface area contributed by atoms with Gasteiger partial charge in [0.2, 0.25) is 5.91 Å². The predicted molar refractivity (Wildman–Crippen MR) is 99.8 cm³/mol. The van der Waals surface area contributed by atoms with Crippen molar-refractivity contribution in [2.45, 2.75) is 25.7 Å². The van der Waals surface area contributed by atoms with E-state index in [1.54, 1.807) is 6.20 Å². The molecule has 136 valence electrons. The number of amides is 1. The van der Waals surface area contributed by atoms with Gasteiger partial charge >= 0.3 is 0 Å². The van der Waals surface area contributed by atoms with Crippen LogP contribution < -0.4 is 10.6 Å². The Morgan fingerprint density at radius 3 is 2.88 bits per heavy atom. The molecule has 0 aliphatic carbocycles. The number of nitrogens with one attached hydrogen (secondary N) is 2. The SMILES string of the molecule is O=C1CCCN1CCNc1nc(-c2ccccn2)nc2c1CCNCC2. The Kier molecular flexibility index (Phi) is 5.06. The first-order valence-electron chi connectivity index (χ1n) is 9.35. The minimum absolute atomic E-state index is 0.256. The second kappa shape index (κ2) is 7.78. The Hall–Kier alpha value is -2.54. The summed E-state index contributed by atoms with van der Waals surface area (Å²) < 4.78 is 0. The maximum absolute atomic E-state index is 11.8. The van der Waals surface area contributed by atoms with Crippen molar-refractivity contribution in [1.82, 2.24) is 25.2 Å². The fraction of sp³-hybridized carbons (Fsp3) is 0.474. The molecule has 1 fully saturated rings. The van der Waals surface area contributed by atoms with Crippen LogP contribution in [0.25, 0.3) is 11.5 Å². The van der Waals surface area contributed by atoms with Crippen molar-refractivity contribution < 1.29 is 4.79 Å². The summed E-state index contributed by atoms with van der Waals surface area (Å²) in [5, 5.41) is 6.88. The second-order valence-corrected chi connectivity index (χ2v) is 6.70. The number of pyridine rings is 1. The van der Waals surface area contributed by atoms with Crippen LogP contribution in [0.1, 0.15) is 24.1 Å². The number of aromatic nitrogens is 3. The zero-order chi connectivity index (χ0) is 17.8. The van der Waals surface area contributed by atoms with Gasteiger partial charge in [-0.2, -0.15) is 0 Å². The van der Waals surface area contributed by atoms with Gasteiger partial charge in [0.1, 0.15) is 11.5 Å². The molecule has 1 saturated heterocycles. The lowest BCUT2D eigenvalue weighted by Crippen LogP contribution is -2.30. The van der Waals surface area contributed by atoms with E-state index < -0.39 is 0 Å². The summed E-state index contributed by atoms with van der Waals surface area (Å²) in [7, 11) is 0. The number of fused-ring (bicyclic) bond motifs is 1. The van der Waals surface area contributed by atoms with Crippen molar-refractivity contribution >= 4 is 11.7 Å². The Morgan fingerprint density at radius 1 is 1.15 bits per heavy atom. The minimum atomic E-state index is 0.256. The number of rotatable bonds is 5. The molecule has 0 spiro atoms. The Balaban J connectivity index is 1.57. The monoisotopic (exact) mass is 352 g/mol. The number of anilines is 1. The smallest absolute Gasteiger partial charge is 0.222 e. The average Bonchev–Trinajstić information content (AvgIpc) is 2.93. The number of hydrogen-bond acceptors (Lipinski definition) is 6. The molecule has 2 aromatic heterocycles. The molecule has 2 N–H and O–H groups in total. The van der Waals surface area contributed by atoms with Gasteiger partial charge in [0.15, 0.2) is 5.82 Å². The van der Waals surface area contributed by atoms with Gasteiger partial charge in [-0.1, -0.05) is 6.07 Å². The van der Waals surface area contributed by atoms with Crippen molar-refractivity contribution in [3.8, 4) is 11.5 Å². The van der Waals surface area contributed by atoms with E-state index in [2.05, 4.69) is 15.6 Å². The van der Waals surface area contributed by atoms with E-state index in [9.17, 15) is 4.79 Å². The summed E-state index contributed by atoms with van der Waals surface area (Å²) in [6.07, 6.45) is 5.20. The standard InChI is InChI=1S/C19H24N6O/c26-17-5-3-12-25(17)13-11-22-18-14-6-9-20-10-7-15(14)23-19(24-18)16-4-1-2-8-21-16/h1-2,4,8,20H,3,5-7,9-13H2,(H,22,23,24). The summed E-state index contributed by atoms with van der Waals surface area (Å²) in [5.74, 6) is 1.80. The Bertz CT molecular complexity index is 779. The summed E-state index contributed by atoms with van der Waals surface area (Å²) in [6, 6.07) is 5.78. The average molecular weight is 352 g/mol. The summed E-state index contributed by atoms with van der Waals surface area (Å²) >= 11 is 0. The van der Waals surface area contributed by atoms with Gasteiger partial charge in [0.25, 0.3) is 0 Å². The molecule has 0 radical (unpaired) electrons. The molecule has 2 aliphatic rings. The van der Waals surface area contributed by atoms with E-state index in [0.717, 1.165) is 62.6 Å². The first-order chi connectivity index (χ1) is 12.8. The molecule has 4 rings (SSSR count). The third-order valence-corrected chi connectivity index (χ3v) is 4.92. The molecular weight excluding hydrogens is 328 g/mol. The number of carbonyl (C=O) groups is 1. The van der Waals surface area contributed by atoms with Gasteiger partial charge in [-0.3, -0.25) is 9.78 Å². The summed E-state index contributed by atoms with van der Waals surface area (Å²) in [4.78, 5) is 27.7.